The first-order valence-corrected chi connectivity index (χ1v) is 9.11. The van der Waals surface area contributed by atoms with Gasteiger partial charge in [-0.1, -0.05) is 71.9 Å². The molecule has 0 unspecified atom stereocenters. The van der Waals surface area contributed by atoms with Crippen molar-refractivity contribution >= 4 is 10.8 Å². The molecule has 3 aromatic carbocycles. The molecule has 27 heavy (non-hydrogen) atoms. The molecule has 0 saturated carbocycles. The Hall–Kier alpha value is -2.55. The van der Waals surface area contributed by atoms with Gasteiger partial charge >= 0.3 is 0 Å². The molecule has 0 spiro atoms. The van der Waals surface area contributed by atoms with Crippen LogP contribution in [0.2, 0.25) is 0 Å². The van der Waals surface area contributed by atoms with Crippen LogP contribution in [0.25, 0.3) is 10.8 Å². The van der Waals surface area contributed by atoms with Crippen LogP contribution in [0, 0.1) is 5.82 Å². The van der Waals surface area contributed by atoms with Gasteiger partial charge in [-0.05, 0) is 51.4 Å². The Kier molecular flexibility index (Phi) is 5.84. The fourth-order valence-electron chi connectivity index (χ4n) is 3.17. The molecule has 0 saturated heterocycles. The van der Waals surface area contributed by atoms with Gasteiger partial charge in [0.2, 0.25) is 0 Å². The molecular formula is C24H29FO2. The van der Waals surface area contributed by atoms with E-state index in [9.17, 15) is 14.6 Å². The number of phenols is 2. The third kappa shape index (κ3) is 5.00. The highest BCUT2D eigenvalue weighted by molar-refractivity contribution is 5.88. The smallest absolute Gasteiger partial charge is 0.130 e. The predicted octanol–water partition coefficient (Wildman–Crippen LogP) is 6.67. The Bertz CT molecular complexity index is 911. The van der Waals surface area contributed by atoms with Crippen LogP contribution in [0.4, 0.5) is 4.39 Å². The number of hydrogen-bond acceptors (Lipinski definition) is 2. The maximum Gasteiger partial charge on any atom is 0.130 e. The Morgan fingerprint density at radius 1 is 0.741 bits per heavy atom. The lowest BCUT2D eigenvalue weighted by atomic mass is 9.83. The third-order valence-electron chi connectivity index (χ3n) is 4.40. The van der Waals surface area contributed by atoms with Gasteiger partial charge in [0.15, 0.2) is 0 Å². The highest BCUT2D eigenvalue weighted by Gasteiger charge is 2.21. The Balaban J connectivity index is 0.000000199. The fourth-order valence-corrected chi connectivity index (χ4v) is 3.17. The van der Waals surface area contributed by atoms with Gasteiger partial charge in [0.05, 0.1) is 0 Å². The van der Waals surface area contributed by atoms with E-state index in [-0.39, 0.29) is 22.4 Å². The fraction of sp³-hybridized carbons (Fsp3) is 0.333. The van der Waals surface area contributed by atoms with E-state index >= 15 is 0 Å². The van der Waals surface area contributed by atoms with Crippen molar-refractivity contribution < 1.29 is 14.6 Å². The summed E-state index contributed by atoms with van der Waals surface area (Å²) in [6.07, 6.45) is 0. The van der Waals surface area contributed by atoms with E-state index in [0.717, 1.165) is 5.39 Å². The van der Waals surface area contributed by atoms with E-state index in [4.69, 9.17) is 0 Å². The van der Waals surface area contributed by atoms with Crippen LogP contribution in [0.3, 0.4) is 0 Å². The van der Waals surface area contributed by atoms with E-state index in [1.165, 1.54) is 29.1 Å². The first-order valence-electron chi connectivity index (χ1n) is 9.11. The molecule has 0 amide bonds. The molecule has 0 fully saturated rings. The first-order chi connectivity index (χ1) is 12.4. The van der Waals surface area contributed by atoms with Gasteiger partial charge in [-0.3, -0.25) is 0 Å². The summed E-state index contributed by atoms with van der Waals surface area (Å²) in [5.74, 6) is 0.0311. The quantitative estimate of drug-likeness (QED) is 0.465. The molecule has 2 nitrogen and oxygen atoms in total. The number of phenolic OH excluding ortho intramolecular Hbond substituents is 2. The molecule has 0 aliphatic carbocycles. The normalized spacial score (nSPS) is 11.8. The zero-order valence-corrected chi connectivity index (χ0v) is 17.0. The molecule has 0 aromatic heterocycles. The summed E-state index contributed by atoms with van der Waals surface area (Å²) in [6, 6.07) is 16.2. The molecule has 0 radical (unpaired) electrons. The van der Waals surface area contributed by atoms with Crippen molar-refractivity contribution in [3.63, 3.8) is 0 Å². The second-order valence-electron chi connectivity index (χ2n) is 8.85. The van der Waals surface area contributed by atoms with Gasteiger partial charge < -0.3 is 10.2 Å². The highest BCUT2D eigenvalue weighted by atomic mass is 19.1. The van der Waals surface area contributed by atoms with Crippen LogP contribution >= 0.6 is 0 Å². The number of halogens is 1. The van der Waals surface area contributed by atoms with E-state index in [0.29, 0.717) is 11.3 Å². The van der Waals surface area contributed by atoms with Crippen LogP contribution in [0.15, 0.2) is 54.6 Å². The summed E-state index contributed by atoms with van der Waals surface area (Å²) in [4.78, 5) is 0. The average molecular weight is 368 g/mol. The Morgan fingerprint density at radius 2 is 1.37 bits per heavy atom. The van der Waals surface area contributed by atoms with Crippen molar-refractivity contribution in [2.45, 2.75) is 52.4 Å². The van der Waals surface area contributed by atoms with E-state index in [2.05, 4.69) is 26.8 Å². The number of fused-ring (bicyclic) bond motifs is 1. The molecule has 0 heterocycles. The summed E-state index contributed by atoms with van der Waals surface area (Å²) in [6.45, 7) is 12.1. The van der Waals surface area contributed by atoms with E-state index in [1.807, 2.05) is 51.1 Å². The summed E-state index contributed by atoms with van der Waals surface area (Å²) >= 11 is 0. The number of aromatic hydroxyl groups is 2. The van der Waals surface area contributed by atoms with Crippen LogP contribution in [-0.2, 0) is 10.8 Å². The molecule has 144 valence electrons. The molecule has 0 aliphatic rings. The summed E-state index contributed by atoms with van der Waals surface area (Å²) < 4.78 is 13.2. The summed E-state index contributed by atoms with van der Waals surface area (Å²) in [5.41, 5.74) is 1.27. The van der Waals surface area contributed by atoms with Crippen molar-refractivity contribution in [3.8, 4) is 11.5 Å². The molecule has 2 N–H and O–H groups in total. The zero-order valence-electron chi connectivity index (χ0n) is 17.0. The van der Waals surface area contributed by atoms with Crippen molar-refractivity contribution in [1.29, 1.82) is 0 Å². The van der Waals surface area contributed by atoms with Crippen LogP contribution < -0.4 is 0 Å². The van der Waals surface area contributed by atoms with Crippen molar-refractivity contribution in [1.82, 2.24) is 0 Å². The van der Waals surface area contributed by atoms with Gasteiger partial charge in [0, 0.05) is 5.56 Å². The SMILES string of the molecule is CC(C)(C)c1c(O)cccc1F.CC(C)(C)c1cc(O)cc2ccccc12. The van der Waals surface area contributed by atoms with E-state index < -0.39 is 0 Å². The topological polar surface area (TPSA) is 40.5 Å². The zero-order chi connectivity index (χ0) is 20.4. The highest BCUT2D eigenvalue weighted by Crippen LogP contribution is 2.33. The summed E-state index contributed by atoms with van der Waals surface area (Å²) in [5, 5.41) is 21.4. The number of rotatable bonds is 0. The van der Waals surface area contributed by atoms with Gasteiger partial charge in [0.25, 0.3) is 0 Å². The largest absolute Gasteiger partial charge is 0.508 e. The van der Waals surface area contributed by atoms with Crippen molar-refractivity contribution in [3.05, 3.63) is 71.5 Å². The minimum Gasteiger partial charge on any atom is -0.508 e. The lowest BCUT2D eigenvalue weighted by Crippen LogP contribution is -2.13. The summed E-state index contributed by atoms with van der Waals surface area (Å²) in [7, 11) is 0. The molecular weight excluding hydrogens is 339 g/mol. The van der Waals surface area contributed by atoms with Crippen LogP contribution in [-0.4, -0.2) is 10.2 Å². The van der Waals surface area contributed by atoms with Gasteiger partial charge in [-0.25, -0.2) is 4.39 Å². The standard InChI is InChI=1S/C14H16O.C10H13FO/c1-14(2,3)13-9-11(15)8-10-6-4-5-7-12(10)13;1-10(2,3)9-7(11)5-4-6-8(9)12/h4-9,15H,1-3H3;4-6,12H,1-3H3. The molecule has 0 atom stereocenters. The van der Waals surface area contributed by atoms with Crippen molar-refractivity contribution in [2.24, 2.45) is 0 Å². The first kappa shape index (κ1) is 20.8. The average Bonchev–Trinajstić information content (AvgIpc) is 2.52. The molecule has 3 aromatic rings. The monoisotopic (exact) mass is 368 g/mol. The Labute approximate surface area is 161 Å². The van der Waals surface area contributed by atoms with Crippen LogP contribution in [0.1, 0.15) is 52.7 Å². The number of hydrogen-bond donors (Lipinski definition) is 2. The minimum absolute atomic E-state index is 0.0301. The molecule has 0 bridgehead atoms. The van der Waals surface area contributed by atoms with Gasteiger partial charge in [0.1, 0.15) is 17.3 Å². The van der Waals surface area contributed by atoms with Gasteiger partial charge in [-0.2, -0.15) is 0 Å². The maximum atomic E-state index is 13.2. The number of benzene rings is 3. The van der Waals surface area contributed by atoms with Gasteiger partial charge in [-0.15, -0.1) is 0 Å². The lowest BCUT2D eigenvalue weighted by molar-refractivity contribution is 0.429. The lowest BCUT2D eigenvalue weighted by Gasteiger charge is -2.21. The second kappa shape index (κ2) is 7.59. The Morgan fingerprint density at radius 3 is 1.89 bits per heavy atom. The molecule has 3 heteroatoms. The van der Waals surface area contributed by atoms with E-state index in [1.54, 1.807) is 0 Å². The third-order valence-corrected chi connectivity index (χ3v) is 4.40. The molecule has 0 aliphatic heterocycles. The van der Waals surface area contributed by atoms with Crippen molar-refractivity contribution in [2.75, 3.05) is 0 Å². The van der Waals surface area contributed by atoms with Crippen LogP contribution in [0.5, 0.6) is 11.5 Å². The predicted molar refractivity (Wildman–Crippen MR) is 111 cm³/mol. The maximum absolute atomic E-state index is 13.2. The molecule has 3 rings (SSSR count). The second-order valence-corrected chi connectivity index (χ2v) is 8.85. The minimum atomic E-state index is -0.352.